The SMILES string of the molecule is CCOC(=O)C(C)(C)N1CCC(Oc2c(F)c(Oc3cccc(C4=NCCN4C)c3)nc(Oc3cc(C(=N)N)ccc3O)c2F)CC1. The van der Waals surface area contributed by atoms with Crippen LogP contribution in [0, 0.1) is 17.0 Å². The van der Waals surface area contributed by atoms with Crippen molar-refractivity contribution in [3.8, 4) is 34.8 Å². The van der Waals surface area contributed by atoms with Gasteiger partial charge in [0.2, 0.25) is 17.4 Å². The molecule has 0 atom stereocenters. The van der Waals surface area contributed by atoms with E-state index >= 15 is 8.78 Å². The fraction of sp³-hybridized carbons (Fsp3) is 0.394. The number of likely N-dealkylation sites (tertiary alicyclic amines) is 1. The maximum Gasteiger partial charge on any atom is 0.325 e. The molecule has 2 aromatic carbocycles. The van der Waals surface area contributed by atoms with Crippen LogP contribution in [0.3, 0.4) is 0 Å². The zero-order valence-corrected chi connectivity index (χ0v) is 26.7. The lowest BCUT2D eigenvalue weighted by atomic mass is 9.97. The van der Waals surface area contributed by atoms with Crippen molar-refractivity contribution in [3.05, 3.63) is 65.2 Å². The van der Waals surface area contributed by atoms with Crippen LogP contribution < -0.4 is 19.9 Å². The minimum absolute atomic E-state index is 0.197. The Morgan fingerprint density at radius 2 is 1.79 bits per heavy atom. The summed E-state index contributed by atoms with van der Waals surface area (Å²) in [4.78, 5) is 24.9. The number of aromatic hydroxyl groups is 1. The van der Waals surface area contributed by atoms with Gasteiger partial charge < -0.3 is 34.7 Å². The fourth-order valence-corrected chi connectivity index (χ4v) is 5.38. The molecule has 1 aromatic heterocycles. The number of nitrogens with zero attached hydrogens (tertiary/aromatic N) is 4. The molecule has 0 amide bonds. The molecule has 2 aliphatic rings. The first-order valence-corrected chi connectivity index (χ1v) is 15.3. The van der Waals surface area contributed by atoms with Crippen LogP contribution in [-0.4, -0.2) is 89.0 Å². The second kappa shape index (κ2) is 13.8. The number of hydrogen-bond acceptors (Lipinski definition) is 11. The van der Waals surface area contributed by atoms with E-state index in [2.05, 4.69) is 9.98 Å². The van der Waals surface area contributed by atoms with E-state index in [1.54, 1.807) is 39.0 Å². The van der Waals surface area contributed by atoms with Gasteiger partial charge in [-0.25, -0.2) is 0 Å². The fourth-order valence-electron chi connectivity index (χ4n) is 5.38. The van der Waals surface area contributed by atoms with Crippen LogP contribution >= 0.6 is 0 Å². The maximum atomic E-state index is 16.1. The highest BCUT2D eigenvalue weighted by atomic mass is 19.1. The van der Waals surface area contributed by atoms with Crippen molar-refractivity contribution in [1.29, 1.82) is 5.41 Å². The Kier molecular flexibility index (Phi) is 9.80. The van der Waals surface area contributed by atoms with Gasteiger partial charge in [0.25, 0.3) is 11.8 Å². The van der Waals surface area contributed by atoms with Gasteiger partial charge in [-0.1, -0.05) is 12.1 Å². The van der Waals surface area contributed by atoms with Gasteiger partial charge in [0.15, 0.2) is 11.5 Å². The third-order valence-electron chi connectivity index (χ3n) is 8.11. The zero-order chi connectivity index (χ0) is 33.9. The van der Waals surface area contributed by atoms with Gasteiger partial charge in [0, 0.05) is 37.8 Å². The summed E-state index contributed by atoms with van der Waals surface area (Å²) < 4.78 is 54.7. The van der Waals surface area contributed by atoms with Crippen LogP contribution in [-0.2, 0) is 9.53 Å². The lowest BCUT2D eigenvalue weighted by Gasteiger charge is -2.40. The number of halogens is 2. The summed E-state index contributed by atoms with van der Waals surface area (Å²) in [6.07, 6.45) is 0.0930. The number of nitrogens with one attached hydrogen (secondary N) is 1. The number of hydrogen-bond donors (Lipinski definition) is 3. The average Bonchev–Trinajstić information content (AvgIpc) is 3.48. The van der Waals surface area contributed by atoms with Crippen LogP contribution in [0.5, 0.6) is 34.8 Å². The summed E-state index contributed by atoms with van der Waals surface area (Å²) in [5.41, 5.74) is 5.62. The number of carbonyl (C=O) groups is 1. The van der Waals surface area contributed by atoms with Gasteiger partial charge in [-0.2, -0.15) is 13.8 Å². The average molecular weight is 653 g/mol. The monoisotopic (exact) mass is 652 g/mol. The summed E-state index contributed by atoms with van der Waals surface area (Å²) in [6, 6.07) is 10.6. The number of ether oxygens (including phenoxy) is 4. The van der Waals surface area contributed by atoms with E-state index in [9.17, 15) is 9.90 Å². The number of carbonyl (C=O) groups excluding carboxylic acids is 1. The summed E-state index contributed by atoms with van der Waals surface area (Å²) in [7, 11) is 1.91. The number of likely N-dealkylation sites (N-methyl/N-ethyl adjacent to an activating group) is 1. The molecule has 0 aliphatic carbocycles. The molecule has 0 radical (unpaired) electrons. The molecule has 1 saturated heterocycles. The van der Waals surface area contributed by atoms with E-state index in [-0.39, 0.29) is 35.5 Å². The standard InChI is InChI=1S/C33H38F2N6O6/c1-5-44-32(43)33(2,3)41-14-11-21(12-15-41)45-27-25(34)30(46-22-8-6-7-20(17-22)29-38-13-16-40(29)4)39-31(26(27)35)47-24-18-19(28(36)37)9-10-23(24)42/h6-10,17-18,21,42H,5,11-16H2,1-4H3,(H3,36,37). The number of rotatable bonds is 11. The van der Waals surface area contributed by atoms with Crippen LogP contribution in [0.4, 0.5) is 8.78 Å². The number of amidine groups is 2. The molecule has 250 valence electrons. The predicted octanol–water partition coefficient (Wildman–Crippen LogP) is 4.81. The first-order valence-electron chi connectivity index (χ1n) is 15.3. The number of nitrogens with two attached hydrogens (primary N) is 1. The van der Waals surface area contributed by atoms with Crippen LogP contribution in [0.25, 0.3) is 0 Å². The van der Waals surface area contributed by atoms with E-state index in [0.29, 0.717) is 32.5 Å². The second-order valence-corrected chi connectivity index (χ2v) is 11.7. The first kappa shape index (κ1) is 33.4. The van der Waals surface area contributed by atoms with E-state index < -0.39 is 46.5 Å². The summed E-state index contributed by atoms with van der Waals surface area (Å²) in [6.45, 7) is 7.75. The second-order valence-electron chi connectivity index (χ2n) is 11.7. The van der Waals surface area contributed by atoms with Crippen LogP contribution in [0.2, 0.25) is 0 Å². The lowest BCUT2D eigenvalue weighted by molar-refractivity contribution is -0.157. The molecule has 1 fully saturated rings. The van der Waals surface area contributed by atoms with Gasteiger partial charge in [0.05, 0.1) is 13.2 Å². The Morgan fingerprint density at radius 1 is 1.09 bits per heavy atom. The number of esters is 1. The molecule has 0 saturated carbocycles. The van der Waals surface area contributed by atoms with E-state index in [0.717, 1.165) is 17.9 Å². The predicted molar refractivity (Wildman–Crippen MR) is 170 cm³/mol. The Balaban J connectivity index is 1.46. The van der Waals surface area contributed by atoms with E-state index in [4.69, 9.17) is 30.1 Å². The van der Waals surface area contributed by atoms with Crippen molar-refractivity contribution in [1.82, 2.24) is 14.8 Å². The molecule has 47 heavy (non-hydrogen) atoms. The molecule has 4 N–H and O–H groups in total. The Hall–Kier alpha value is -4.98. The molecular formula is C33H38F2N6O6. The molecule has 0 bridgehead atoms. The molecule has 2 aliphatic heterocycles. The molecule has 0 unspecified atom stereocenters. The van der Waals surface area contributed by atoms with Crippen molar-refractivity contribution in [2.75, 3.05) is 39.8 Å². The van der Waals surface area contributed by atoms with Crippen LogP contribution in [0.15, 0.2) is 47.5 Å². The minimum atomic E-state index is -1.26. The highest BCUT2D eigenvalue weighted by Crippen LogP contribution is 2.40. The van der Waals surface area contributed by atoms with Crippen molar-refractivity contribution >= 4 is 17.6 Å². The smallest absolute Gasteiger partial charge is 0.325 e. The highest BCUT2D eigenvalue weighted by molar-refractivity contribution is 6.00. The summed E-state index contributed by atoms with van der Waals surface area (Å²) in [5.74, 6) is -4.96. The third kappa shape index (κ3) is 7.22. The van der Waals surface area contributed by atoms with Gasteiger partial charge in [-0.15, -0.1) is 0 Å². The summed E-state index contributed by atoms with van der Waals surface area (Å²) >= 11 is 0. The molecule has 14 heteroatoms. The Morgan fingerprint density at radius 3 is 2.43 bits per heavy atom. The Bertz CT molecular complexity index is 1690. The Labute approximate surface area is 271 Å². The largest absolute Gasteiger partial charge is 0.504 e. The van der Waals surface area contributed by atoms with Gasteiger partial charge >= 0.3 is 5.97 Å². The molecule has 3 aromatic rings. The zero-order valence-electron chi connectivity index (χ0n) is 26.7. The number of pyridine rings is 1. The van der Waals surface area contributed by atoms with E-state index in [1.807, 2.05) is 22.9 Å². The lowest BCUT2D eigenvalue weighted by Crippen LogP contribution is -2.54. The molecule has 0 spiro atoms. The normalized spacial score (nSPS) is 15.7. The number of aromatic nitrogens is 1. The quantitative estimate of drug-likeness (QED) is 0.149. The summed E-state index contributed by atoms with van der Waals surface area (Å²) in [5, 5.41) is 18.1. The number of piperidine rings is 1. The molecule has 12 nitrogen and oxygen atoms in total. The van der Waals surface area contributed by atoms with Crippen LogP contribution in [0.1, 0.15) is 44.7 Å². The molecular weight excluding hydrogens is 614 g/mol. The first-order chi connectivity index (χ1) is 22.4. The highest BCUT2D eigenvalue weighted by Gasteiger charge is 2.39. The maximum absolute atomic E-state index is 16.1. The van der Waals surface area contributed by atoms with Crippen molar-refractivity contribution < 1.29 is 37.6 Å². The van der Waals surface area contributed by atoms with Gasteiger partial charge in [0.1, 0.15) is 29.1 Å². The molecule has 5 rings (SSSR count). The number of phenols is 1. The number of phenolic OH excluding ortho intramolecular Hbond substituents is 1. The van der Waals surface area contributed by atoms with E-state index in [1.165, 1.54) is 18.2 Å². The van der Waals surface area contributed by atoms with Crippen molar-refractivity contribution in [2.24, 2.45) is 10.7 Å². The number of aliphatic imine (C=N–C) groups is 1. The van der Waals surface area contributed by atoms with Gasteiger partial charge in [-0.05, 0) is 63.9 Å². The topological polar surface area (TPSA) is 156 Å². The number of benzene rings is 2. The van der Waals surface area contributed by atoms with Crippen molar-refractivity contribution in [3.63, 3.8) is 0 Å². The third-order valence-corrected chi connectivity index (χ3v) is 8.11. The molecule has 3 heterocycles. The number of nitrogen functional groups attached to an aromatic ring is 1. The van der Waals surface area contributed by atoms with Gasteiger partial charge in [-0.3, -0.25) is 20.1 Å². The van der Waals surface area contributed by atoms with Crippen molar-refractivity contribution in [2.45, 2.75) is 45.3 Å². The minimum Gasteiger partial charge on any atom is -0.504 e.